The van der Waals surface area contributed by atoms with Crippen molar-refractivity contribution >= 4 is 34.6 Å². The molecule has 0 bridgehead atoms. The Labute approximate surface area is 121 Å². The quantitative estimate of drug-likeness (QED) is 0.646. The van der Waals surface area contributed by atoms with E-state index in [4.69, 9.17) is 10.8 Å². The number of hydrogen-bond donors (Lipinski definition) is 4. The zero-order chi connectivity index (χ0) is 15.4. The third-order valence-corrected chi connectivity index (χ3v) is 2.76. The fourth-order valence-electron chi connectivity index (χ4n) is 1.85. The van der Waals surface area contributed by atoms with Crippen molar-refractivity contribution in [2.45, 2.75) is 6.92 Å². The van der Waals surface area contributed by atoms with Gasteiger partial charge in [-0.3, -0.25) is 4.79 Å². The summed E-state index contributed by atoms with van der Waals surface area (Å²) in [5, 5.41) is 14.8. The molecule has 5 N–H and O–H groups in total. The smallest absolute Gasteiger partial charge is 0.337 e. The lowest BCUT2D eigenvalue weighted by Crippen LogP contribution is -2.06. The first kappa shape index (κ1) is 14.4. The molecule has 21 heavy (non-hydrogen) atoms. The summed E-state index contributed by atoms with van der Waals surface area (Å²) in [5.74, 6) is -1.19. The van der Waals surface area contributed by atoms with Crippen LogP contribution in [0.1, 0.15) is 17.3 Å². The maximum atomic E-state index is 11.2. The third kappa shape index (κ3) is 3.73. The first-order valence-corrected chi connectivity index (χ1v) is 6.23. The molecule has 0 spiro atoms. The van der Waals surface area contributed by atoms with Crippen LogP contribution in [0.2, 0.25) is 0 Å². The van der Waals surface area contributed by atoms with Gasteiger partial charge in [0.2, 0.25) is 5.91 Å². The Balaban J connectivity index is 2.23. The maximum Gasteiger partial charge on any atom is 0.337 e. The van der Waals surface area contributed by atoms with E-state index in [1.807, 2.05) is 0 Å². The summed E-state index contributed by atoms with van der Waals surface area (Å²) in [7, 11) is 0. The fraction of sp³-hybridized carbons (Fsp3) is 0.0667. The minimum absolute atomic E-state index is 0.134. The number of aromatic carboxylic acids is 1. The first-order chi connectivity index (χ1) is 9.95. The molecule has 2 rings (SSSR count). The number of hydrogen-bond acceptors (Lipinski definition) is 4. The number of carboxylic acids is 1. The topological polar surface area (TPSA) is 104 Å². The summed E-state index contributed by atoms with van der Waals surface area (Å²) >= 11 is 0. The Bertz CT molecular complexity index is 681. The fourth-order valence-corrected chi connectivity index (χ4v) is 1.85. The monoisotopic (exact) mass is 285 g/mol. The van der Waals surface area contributed by atoms with Crippen LogP contribution >= 0.6 is 0 Å². The van der Waals surface area contributed by atoms with Gasteiger partial charge in [0.1, 0.15) is 0 Å². The molecular formula is C15H15N3O3. The number of nitrogens with two attached hydrogens (primary N) is 1. The molecule has 0 radical (unpaired) electrons. The average molecular weight is 285 g/mol. The van der Waals surface area contributed by atoms with Crippen molar-refractivity contribution in [3.8, 4) is 0 Å². The summed E-state index contributed by atoms with van der Waals surface area (Å²) in [6.45, 7) is 1.43. The lowest BCUT2D eigenvalue weighted by atomic mass is 10.1. The third-order valence-electron chi connectivity index (χ3n) is 2.76. The second-order valence-electron chi connectivity index (χ2n) is 4.49. The molecule has 0 heterocycles. The molecule has 6 heteroatoms. The number of rotatable bonds is 4. The van der Waals surface area contributed by atoms with E-state index in [2.05, 4.69) is 10.6 Å². The second kappa shape index (κ2) is 5.96. The van der Waals surface area contributed by atoms with E-state index in [-0.39, 0.29) is 11.5 Å². The Kier molecular flexibility index (Phi) is 4.08. The van der Waals surface area contributed by atoms with Crippen molar-refractivity contribution in [3.63, 3.8) is 0 Å². The predicted octanol–water partition coefficient (Wildman–Crippen LogP) is 2.67. The highest BCUT2D eigenvalue weighted by Gasteiger charge is 2.10. The number of amides is 1. The Morgan fingerprint density at radius 1 is 1.05 bits per heavy atom. The highest BCUT2D eigenvalue weighted by molar-refractivity contribution is 5.96. The molecule has 2 aromatic carbocycles. The Morgan fingerprint density at radius 3 is 2.24 bits per heavy atom. The average Bonchev–Trinajstić information content (AvgIpc) is 2.40. The van der Waals surface area contributed by atoms with Crippen LogP contribution in [0.4, 0.5) is 22.7 Å². The number of carbonyl (C=O) groups excluding carboxylic acids is 1. The van der Waals surface area contributed by atoms with Crippen LogP contribution in [0.25, 0.3) is 0 Å². The van der Waals surface area contributed by atoms with Gasteiger partial charge in [-0.2, -0.15) is 0 Å². The van der Waals surface area contributed by atoms with Gasteiger partial charge < -0.3 is 21.5 Å². The van der Waals surface area contributed by atoms with E-state index >= 15 is 0 Å². The van der Waals surface area contributed by atoms with Crippen molar-refractivity contribution in [3.05, 3.63) is 48.0 Å². The lowest BCUT2D eigenvalue weighted by Gasteiger charge is -2.11. The molecule has 0 aliphatic rings. The van der Waals surface area contributed by atoms with Gasteiger partial charge in [0.15, 0.2) is 0 Å². The first-order valence-electron chi connectivity index (χ1n) is 6.23. The number of anilines is 4. The molecule has 2 aromatic rings. The van der Waals surface area contributed by atoms with Crippen molar-refractivity contribution in [1.29, 1.82) is 0 Å². The minimum Gasteiger partial charge on any atom is -0.478 e. The maximum absolute atomic E-state index is 11.2. The number of carboxylic acid groups (broad SMARTS) is 1. The van der Waals surface area contributed by atoms with E-state index in [0.717, 1.165) is 0 Å². The summed E-state index contributed by atoms with van der Waals surface area (Å²) in [4.78, 5) is 22.1. The molecule has 0 aliphatic heterocycles. The van der Waals surface area contributed by atoms with E-state index in [9.17, 15) is 9.59 Å². The van der Waals surface area contributed by atoms with E-state index in [1.165, 1.54) is 19.1 Å². The van der Waals surface area contributed by atoms with Crippen LogP contribution in [0.5, 0.6) is 0 Å². The molecule has 0 unspecified atom stereocenters. The molecule has 108 valence electrons. The van der Waals surface area contributed by atoms with Gasteiger partial charge in [0.25, 0.3) is 0 Å². The predicted molar refractivity (Wildman–Crippen MR) is 81.8 cm³/mol. The Morgan fingerprint density at radius 2 is 1.67 bits per heavy atom. The Hall–Kier alpha value is -3.02. The number of nitrogens with one attached hydrogen (secondary N) is 2. The zero-order valence-electron chi connectivity index (χ0n) is 11.4. The largest absolute Gasteiger partial charge is 0.478 e. The van der Waals surface area contributed by atoms with Crippen molar-refractivity contribution in [1.82, 2.24) is 0 Å². The van der Waals surface area contributed by atoms with Crippen LogP contribution in [0, 0.1) is 0 Å². The molecule has 0 saturated heterocycles. The molecular weight excluding hydrogens is 270 g/mol. The van der Waals surface area contributed by atoms with Crippen molar-refractivity contribution < 1.29 is 14.7 Å². The normalized spacial score (nSPS) is 9.95. The number of benzene rings is 2. The zero-order valence-corrected chi connectivity index (χ0v) is 11.4. The van der Waals surface area contributed by atoms with Gasteiger partial charge in [0, 0.05) is 24.0 Å². The second-order valence-corrected chi connectivity index (χ2v) is 4.49. The van der Waals surface area contributed by atoms with Gasteiger partial charge in [0.05, 0.1) is 11.3 Å². The minimum atomic E-state index is -1.03. The van der Waals surface area contributed by atoms with Crippen LogP contribution in [0.15, 0.2) is 42.5 Å². The number of nitrogen functional groups attached to an aromatic ring is 1. The summed E-state index contributed by atoms with van der Waals surface area (Å²) < 4.78 is 0. The van der Waals surface area contributed by atoms with E-state index in [1.54, 1.807) is 30.3 Å². The number of carbonyl (C=O) groups is 2. The molecule has 1 amide bonds. The van der Waals surface area contributed by atoms with Gasteiger partial charge in [-0.1, -0.05) is 0 Å². The van der Waals surface area contributed by atoms with Crippen LogP contribution in [-0.2, 0) is 4.79 Å². The van der Waals surface area contributed by atoms with Gasteiger partial charge in [-0.05, 0) is 42.5 Å². The van der Waals surface area contributed by atoms with Crippen molar-refractivity contribution in [2.24, 2.45) is 0 Å². The standard InChI is InChI=1S/C15H15N3O3/c1-9(19)17-11-3-5-12(6-4-11)18-14-8-10(16)2-7-13(14)15(20)21/h2-8,18H,16H2,1H3,(H,17,19)(H,20,21). The SMILES string of the molecule is CC(=O)Nc1ccc(Nc2cc(N)ccc2C(=O)O)cc1. The highest BCUT2D eigenvalue weighted by Crippen LogP contribution is 2.24. The molecule has 0 fully saturated rings. The van der Waals surface area contributed by atoms with Crippen LogP contribution in [-0.4, -0.2) is 17.0 Å². The lowest BCUT2D eigenvalue weighted by molar-refractivity contribution is -0.114. The molecule has 0 aromatic heterocycles. The van der Waals surface area contributed by atoms with Crippen molar-refractivity contribution in [2.75, 3.05) is 16.4 Å². The molecule has 6 nitrogen and oxygen atoms in total. The van der Waals surface area contributed by atoms with Gasteiger partial charge >= 0.3 is 5.97 Å². The van der Waals surface area contributed by atoms with Crippen LogP contribution < -0.4 is 16.4 Å². The summed E-state index contributed by atoms with van der Waals surface area (Å²) in [6, 6.07) is 11.5. The summed E-state index contributed by atoms with van der Waals surface area (Å²) in [6.07, 6.45) is 0. The molecule has 0 saturated carbocycles. The van der Waals surface area contributed by atoms with Gasteiger partial charge in [-0.25, -0.2) is 4.79 Å². The van der Waals surface area contributed by atoms with Gasteiger partial charge in [-0.15, -0.1) is 0 Å². The summed E-state index contributed by atoms with van der Waals surface area (Å²) in [5.41, 5.74) is 8.05. The van der Waals surface area contributed by atoms with E-state index < -0.39 is 5.97 Å². The molecule has 0 atom stereocenters. The van der Waals surface area contributed by atoms with Crippen LogP contribution in [0.3, 0.4) is 0 Å². The van der Waals surface area contributed by atoms with E-state index in [0.29, 0.717) is 22.7 Å². The highest BCUT2D eigenvalue weighted by atomic mass is 16.4. The molecule has 0 aliphatic carbocycles.